The summed E-state index contributed by atoms with van der Waals surface area (Å²) in [6, 6.07) is 20.2. The molecule has 29 heavy (non-hydrogen) atoms. The quantitative estimate of drug-likeness (QED) is 0.612. The molecule has 1 aliphatic heterocycles. The van der Waals surface area contributed by atoms with Crippen molar-refractivity contribution in [3.8, 4) is 0 Å². The lowest BCUT2D eigenvalue weighted by Gasteiger charge is -2.15. The van der Waals surface area contributed by atoms with Crippen molar-refractivity contribution in [2.45, 2.75) is 11.7 Å². The van der Waals surface area contributed by atoms with Crippen molar-refractivity contribution < 1.29 is 14.4 Å². The Morgan fingerprint density at radius 3 is 2.62 bits per heavy atom. The van der Waals surface area contributed by atoms with Crippen LogP contribution in [-0.2, 0) is 14.4 Å². The van der Waals surface area contributed by atoms with Crippen LogP contribution in [0.15, 0.2) is 66.7 Å². The zero-order chi connectivity index (χ0) is 20.4. The number of fused-ring (bicyclic) bond motifs is 1. The maximum absolute atomic E-state index is 12.7. The van der Waals surface area contributed by atoms with Crippen LogP contribution >= 0.6 is 23.4 Å². The van der Waals surface area contributed by atoms with Gasteiger partial charge in [0.05, 0.1) is 16.7 Å². The van der Waals surface area contributed by atoms with Gasteiger partial charge in [-0.25, -0.2) is 4.90 Å². The number of thioether (sulfide) groups is 1. The lowest BCUT2D eigenvalue weighted by atomic mass is 10.1. The molecule has 4 rings (SSSR count). The fraction of sp³-hybridized carbons (Fsp3) is 0.136. The van der Waals surface area contributed by atoms with E-state index in [0.717, 1.165) is 15.7 Å². The number of nitrogens with one attached hydrogen (secondary N) is 1. The molecule has 0 saturated carbocycles. The molecule has 1 aliphatic rings. The average Bonchev–Trinajstić information content (AvgIpc) is 2.99. The third-order valence-electron chi connectivity index (χ3n) is 4.62. The van der Waals surface area contributed by atoms with Gasteiger partial charge < -0.3 is 5.32 Å². The van der Waals surface area contributed by atoms with Crippen LogP contribution in [0.3, 0.4) is 0 Å². The van der Waals surface area contributed by atoms with E-state index < -0.39 is 5.25 Å². The lowest BCUT2D eigenvalue weighted by Crippen LogP contribution is -2.31. The van der Waals surface area contributed by atoms with E-state index in [9.17, 15) is 14.4 Å². The first-order valence-corrected chi connectivity index (χ1v) is 10.5. The SMILES string of the molecule is O=C(CS[C@@H]1CC(=O)N(c2cccc(Cl)c2)C1=O)Nc1ccc2ccccc2c1. The minimum absolute atomic E-state index is 0.0687. The molecule has 0 radical (unpaired) electrons. The summed E-state index contributed by atoms with van der Waals surface area (Å²) in [6.07, 6.45) is 0.0687. The Morgan fingerprint density at radius 2 is 1.83 bits per heavy atom. The first-order valence-electron chi connectivity index (χ1n) is 9.04. The number of amides is 3. The second-order valence-electron chi connectivity index (χ2n) is 6.66. The molecule has 146 valence electrons. The summed E-state index contributed by atoms with van der Waals surface area (Å²) in [7, 11) is 0. The van der Waals surface area contributed by atoms with E-state index in [-0.39, 0.29) is 29.9 Å². The van der Waals surface area contributed by atoms with E-state index in [1.165, 1.54) is 11.8 Å². The lowest BCUT2D eigenvalue weighted by molar-refractivity contribution is -0.121. The van der Waals surface area contributed by atoms with Crippen LogP contribution in [0, 0.1) is 0 Å². The van der Waals surface area contributed by atoms with E-state index in [0.29, 0.717) is 16.4 Å². The van der Waals surface area contributed by atoms with Crippen LogP contribution in [0.5, 0.6) is 0 Å². The first-order chi connectivity index (χ1) is 14.0. The molecule has 1 N–H and O–H groups in total. The number of carbonyl (C=O) groups excluding carboxylic acids is 3. The molecule has 0 bridgehead atoms. The molecule has 3 amide bonds. The van der Waals surface area contributed by atoms with E-state index in [4.69, 9.17) is 11.6 Å². The van der Waals surface area contributed by atoms with Crippen LogP contribution in [0.1, 0.15) is 6.42 Å². The number of rotatable bonds is 5. The van der Waals surface area contributed by atoms with Gasteiger partial charge in [-0.05, 0) is 41.1 Å². The van der Waals surface area contributed by atoms with E-state index >= 15 is 0 Å². The molecular formula is C22H17ClN2O3S. The molecule has 3 aromatic rings. The number of hydrogen-bond donors (Lipinski definition) is 1. The molecule has 0 spiro atoms. The summed E-state index contributed by atoms with van der Waals surface area (Å²) >= 11 is 7.14. The van der Waals surface area contributed by atoms with E-state index in [2.05, 4.69) is 5.32 Å². The number of halogens is 1. The summed E-state index contributed by atoms with van der Waals surface area (Å²) in [5, 5.41) is 4.85. The van der Waals surface area contributed by atoms with Gasteiger partial charge in [0.15, 0.2) is 0 Å². The highest BCUT2D eigenvalue weighted by Gasteiger charge is 2.40. The fourth-order valence-corrected chi connectivity index (χ4v) is 4.38. The van der Waals surface area contributed by atoms with Crippen LogP contribution < -0.4 is 10.2 Å². The predicted molar refractivity (Wildman–Crippen MR) is 117 cm³/mol. The monoisotopic (exact) mass is 424 g/mol. The molecule has 1 saturated heterocycles. The topological polar surface area (TPSA) is 66.5 Å². The summed E-state index contributed by atoms with van der Waals surface area (Å²) in [4.78, 5) is 38.4. The number of nitrogens with zero attached hydrogens (tertiary/aromatic N) is 1. The summed E-state index contributed by atoms with van der Waals surface area (Å²) in [6.45, 7) is 0. The number of carbonyl (C=O) groups is 3. The molecule has 0 unspecified atom stereocenters. The average molecular weight is 425 g/mol. The second-order valence-corrected chi connectivity index (χ2v) is 8.29. The number of imide groups is 1. The highest BCUT2D eigenvalue weighted by molar-refractivity contribution is 8.01. The summed E-state index contributed by atoms with van der Waals surface area (Å²) in [5.74, 6) is -0.739. The molecule has 1 atom stereocenters. The van der Waals surface area contributed by atoms with Crippen molar-refractivity contribution >= 4 is 63.2 Å². The van der Waals surface area contributed by atoms with Gasteiger partial charge in [0.2, 0.25) is 17.7 Å². The molecule has 1 fully saturated rings. The maximum atomic E-state index is 12.7. The third-order valence-corrected chi connectivity index (χ3v) is 6.06. The van der Waals surface area contributed by atoms with Crippen molar-refractivity contribution in [2.75, 3.05) is 16.0 Å². The van der Waals surface area contributed by atoms with Crippen molar-refractivity contribution in [3.63, 3.8) is 0 Å². The molecular weight excluding hydrogens is 408 g/mol. The van der Waals surface area contributed by atoms with E-state index in [1.54, 1.807) is 24.3 Å². The van der Waals surface area contributed by atoms with Gasteiger partial charge in [-0.2, -0.15) is 0 Å². The Hall–Kier alpha value is -2.83. The highest BCUT2D eigenvalue weighted by Crippen LogP contribution is 2.31. The van der Waals surface area contributed by atoms with Gasteiger partial charge in [0.25, 0.3) is 0 Å². The Kier molecular flexibility index (Phi) is 5.56. The van der Waals surface area contributed by atoms with Crippen LogP contribution in [0.4, 0.5) is 11.4 Å². The van der Waals surface area contributed by atoms with Gasteiger partial charge >= 0.3 is 0 Å². The Balaban J connectivity index is 1.37. The van der Waals surface area contributed by atoms with Crippen LogP contribution in [0.2, 0.25) is 5.02 Å². The van der Waals surface area contributed by atoms with Crippen molar-refractivity contribution in [2.24, 2.45) is 0 Å². The van der Waals surface area contributed by atoms with Gasteiger partial charge in [-0.3, -0.25) is 14.4 Å². The summed E-state index contributed by atoms with van der Waals surface area (Å²) in [5.41, 5.74) is 1.15. The standard InChI is InChI=1S/C22H17ClN2O3S/c23-16-6-3-7-18(11-16)25-21(27)12-19(22(25)28)29-13-20(26)24-17-9-8-14-4-1-2-5-15(14)10-17/h1-11,19H,12-13H2,(H,24,26)/t19-/m1/s1. The normalized spacial score (nSPS) is 16.4. The van der Waals surface area contributed by atoms with Gasteiger partial charge in [0, 0.05) is 17.1 Å². The smallest absolute Gasteiger partial charge is 0.247 e. The minimum Gasteiger partial charge on any atom is -0.325 e. The second kappa shape index (κ2) is 8.27. The molecule has 3 aromatic carbocycles. The van der Waals surface area contributed by atoms with Crippen LogP contribution in [-0.4, -0.2) is 28.7 Å². The molecule has 0 aromatic heterocycles. The largest absolute Gasteiger partial charge is 0.325 e. The summed E-state index contributed by atoms with van der Waals surface area (Å²) < 4.78 is 0. The fourth-order valence-electron chi connectivity index (χ4n) is 3.26. The molecule has 0 aliphatic carbocycles. The Morgan fingerprint density at radius 1 is 1.03 bits per heavy atom. The van der Waals surface area contributed by atoms with Crippen molar-refractivity contribution in [1.82, 2.24) is 0 Å². The number of anilines is 2. The van der Waals surface area contributed by atoms with Crippen LogP contribution in [0.25, 0.3) is 10.8 Å². The zero-order valence-corrected chi connectivity index (χ0v) is 16.9. The predicted octanol–water partition coefficient (Wildman–Crippen LogP) is 4.50. The molecule has 7 heteroatoms. The van der Waals surface area contributed by atoms with Gasteiger partial charge in [-0.1, -0.05) is 48.0 Å². The number of hydrogen-bond acceptors (Lipinski definition) is 4. The van der Waals surface area contributed by atoms with Crippen molar-refractivity contribution in [1.29, 1.82) is 0 Å². The first kappa shape index (κ1) is 19.5. The number of benzene rings is 3. The maximum Gasteiger partial charge on any atom is 0.247 e. The minimum atomic E-state index is -0.580. The van der Waals surface area contributed by atoms with E-state index in [1.807, 2.05) is 42.5 Å². The molecule has 1 heterocycles. The molecule has 5 nitrogen and oxygen atoms in total. The third kappa shape index (κ3) is 4.28. The Bertz CT molecular complexity index is 1120. The van der Waals surface area contributed by atoms with Crippen molar-refractivity contribution in [3.05, 3.63) is 71.8 Å². The van der Waals surface area contributed by atoms with Gasteiger partial charge in [0.1, 0.15) is 0 Å². The van der Waals surface area contributed by atoms with Gasteiger partial charge in [-0.15, -0.1) is 11.8 Å². The zero-order valence-electron chi connectivity index (χ0n) is 15.3. The highest BCUT2D eigenvalue weighted by atomic mass is 35.5. The Labute approximate surface area is 177 Å².